The third-order valence-electron chi connectivity index (χ3n) is 3.03. The summed E-state index contributed by atoms with van der Waals surface area (Å²) in [4.78, 5) is 6.53. The lowest BCUT2D eigenvalue weighted by atomic mass is 10.0. The average Bonchev–Trinajstić information content (AvgIpc) is 2.27. The highest BCUT2D eigenvalue weighted by Crippen LogP contribution is 2.23. The first-order valence-electron chi connectivity index (χ1n) is 6.36. The lowest BCUT2D eigenvalue weighted by Crippen LogP contribution is -2.44. The normalized spacial score (nSPS) is 12.0. The summed E-state index contributed by atoms with van der Waals surface area (Å²) in [5.74, 6) is 1.61. The second kappa shape index (κ2) is 6.05. The molecule has 102 valence electrons. The highest BCUT2D eigenvalue weighted by Gasteiger charge is 2.20. The molecule has 4 nitrogen and oxygen atoms in total. The van der Waals surface area contributed by atoms with Crippen LogP contribution in [0.1, 0.15) is 27.7 Å². The van der Waals surface area contributed by atoms with Crippen molar-refractivity contribution in [2.45, 2.75) is 39.3 Å². The molecule has 0 atom stereocenters. The van der Waals surface area contributed by atoms with Gasteiger partial charge in [0.05, 0.1) is 6.10 Å². The number of rotatable bonds is 6. The summed E-state index contributed by atoms with van der Waals surface area (Å²) in [5, 5.41) is 3.36. The van der Waals surface area contributed by atoms with E-state index in [9.17, 15) is 0 Å². The van der Waals surface area contributed by atoms with E-state index >= 15 is 0 Å². The molecule has 18 heavy (non-hydrogen) atoms. The number of pyridine rings is 1. The van der Waals surface area contributed by atoms with Gasteiger partial charge in [0.15, 0.2) is 11.6 Å². The minimum Gasteiger partial charge on any atom is -0.487 e. The van der Waals surface area contributed by atoms with E-state index in [2.05, 4.69) is 43.1 Å². The molecule has 0 aliphatic carbocycles. The first kappa shape index (κ1) is 14.8. The van der Waals surface area contributed by atoms with Crippen LogP contribution in [0, 0.1) is 0 Å². The van der Waals surface area contributed by atoms with Gasteiger partial charge in [-0.25, -0.2) is 4.98 Å². The minimum absolute atomic E-state index is 0.0621. The number of hydrogen-bond donors (Lipinski definition) is 1. The molecule has 0 fully saturated rings. The van der Waals surface area contributed by atoms with Crippen LogP contribution in [0.25, 0.3) is 0 Å². The molecular formula is C14H25N3O. The number of nitrogens with zero attached hydrogens (tertiary/aromatic N) is 2. The van der Waals surface area contributed by atoms with Crippen molar-refractivity contribution in [1.29, 1.82) is 0 Å². The molecular weight excluding hydrogens is 226 g/mol. The molecule has 1 rings (SSSR count). The Morgan fingerprint density at radius 2 is 2.06 bits per heavy atom. The second-order valence-corrected chi connectivity index (χ2v) is 5.58. The molecule has 0 radical (unpaired) electrons. The fraction of sp³-hybridized carbons (Fsp3) is 0.643. The largest absolute Gasteiger partial charge is 0.487 e. The molecule has 0 aliphatic rings. The van der Waals surface area contributed by atoms with Crippen LogP contribution < -0.4 is 10.1 Å². The first-order chi connectivity index (χ1) is 8.33. The Morgan fingerprint density at radius 1 is 1.39 bits per heavy atom. The van der Waals surface area contributed by atoms with Crippen LogP contribution >= 0.6 is 0 Å². The first-order valence-corrected chi connectivity index (χ1v) is 6.36. The summed E-state index contributed by atoms with van der Waals surface area (Å²) in [6, 6.07) is 3.83. The highest BCUT2D eigenvalue weighted by molar-refractivity contribution is 5.49. The van der Waals surface area contributed by atoms with E-state index < -0.39 is 0 Å². The van der Waals surface area contributed by atoms with Crippen LogP contribution in [0.15, 0.2) is 18.3 Å². The molecule has 1 aromatic heterocycles. The zero-order valence-corrected chi connectivity index (χ0v) is 12.3. The lowest BCUT2D eigenvalue weighted by Gasteiger charge is -2.33. The number of anilines is 1. The van der Waals surface area contributed by atoms with Crippen LogP contribution in [0.3, 0.4) is 0 Å². The second-order valence-electron chi connectivity index (χ2n) is 5.58. The fourth-order valence-electron chi connectivity index (χ4n) is 1.33. The van der Waals surface area contributed by atoms with E-state index in [1.807, 2.05) is 26.0 Å². The summed E-state index contributed by atoms with van der Waals surface area (Å²) in [5.41, 5.74) is 0.0621. The summed E-state index contributed by atoms with van der Waals surface area (Å²) in [7, 11) is 4.15. The van der Waals surface area contributed by atoms with Gasteiger partial charge < -0.3 is 15.0 Å². The molecule has 0 saturated heterocycles. The van der Waals surface area contributed by atoms with Gasteiger partial charge in [0, 0.05) is 18.3 Å². The molecule has 0 bridgehead atoms. The fourth-order valence-corrected chi connectivity index (χ4v) is 1.33. The Kier molecular flexibility index (Phi) is 4.96. The monoisotopic (exact) mass is 251 g/mol. The van der Waals surface area contributed by atoms with Crippen molar-refractivity contribution in [2.24, 2.45) is 0 Å². The summed E-state index contributed by atoms with van der Waals surface area (Å²) in [6.45, 7) is 9.21. The maximum absolute atomic E-state index is 5.73. The SMILES string of the molecule is CC(C)Oc1cccnc1NCC(C)(C)N(C)C. The number of likely N-dealkylation sites (N-methyl/N-ethyl adjacent to an activating group) is 1. The highest BCUT2D eigenvalue weighted by atomic mass is 16.5. The molecule has 0 aliphatic heterocycles. The van der Waals surface area contributed by atoms with Crippen LogP contribution in [0.2, 0.25) is 0 Å². The Morgan fingerprint density at radius 3 is 2.61 bits per heavy atom. The van der Waals surface area contributed by atoms with Crippen molar-refractivity contribution in [3.8, 4) is 5.75 Å². The van der Waals surface area contributed by atoms with Crippen LogP contribution in [-0.2, 0) is 0 Å². The van der Waals surface area contributed by atoms with Crippen molar-refractivity contribution in [1.82, 2.24) is 9.88 Å². The summed E-state index contributed by atoms with van der Waals surface area (Å²) >= 11 is 0. The maximum atomic E-state index is 5.73. The summed E-state index contributed by atoms with van der Waals surface area (Å²) in [6.07, 6.45) is 1.93. The Bertz CT molecular complexity index is 375. The van der Waals surface area contributed by atoms with Crippen LogP contribution in [0.4, 0.5) is 5.82 Å². The number of aromatic nitrogens is 1. The van der Waals surface area contributed by atoms with Gasteiger partial charge in [0.25, 0.3) is 0 Å². The van der Waals surface area contributed by atoms with E-state index in [1.54, 1.807) is 6.20 Å². The van der Waals surface area contributed by atoms with E-state index in [0.717, 1.165) is 18.1 Å². The molecule has 1 aromatic rings. The van der Waals surface area contributed by atoms with E-state index in [1.165, 1.54) is 0 Å². The van der Waals surface area contributed by atoms with Crippen LogP contribution in [0.5, 0.6) is 5.75 Å². The van der Waals surface area contributed by atoms with Crippen molar-refractivity contribution in [2.75, 3.05) is 26.0 Å². The molecule has 0 unspecified atom stereocenters. The standard InChI is InChI=1S/C14H25N3O/c1-11(2)18-12-8-7-9-15-13(12)16-10-14(3,4)17(5)6/h7-9,11H,10H2,1-6H3,(H,15,16). The Balaban J connectivity index is 2.73. The predicted molar refractivity (Wildman–Crippen MR) is 76.3 cm³/mol. The smallest absolute Gasteiger partial charge is 0.168 e. The molecule has 0 saturated carbocycles. The maximum Gasteiger partial charge on any atom is 0.168 e. The number of nitrogens with one attached hydrogen (secondary N) is 1. The zero-order chi connectivity index (χ0) is 13.8. The van der Waals surface area contributed by atoms with E-state index in [4.69, 9.17) is 4.74 Å². The number of hydrogen-bond acceptors (Lipinski definition) is 4. The molecule has 4 heteroatoms. The summed E-state index contributed by atoms with van der Waals surface area (Å²) < 4.78 is 5.73. The topological polar surface area (TPSA) is 37.4 Å². The van der Waals surface area contributed by atoms with Gasteiger partial charge in [-0.2, -0.15) is 0 Å². The third kappa shape index (κ3) is 4.18. The van der Waals surface area contributed by atoms with Gasteiger partial charge >= 0.3 is 0 Å². The van der Waals surface area contributed by atoms with Gasteiger partial charge in [0.2, 0.25) is 0 Å². The minimum atomic E-state index is 0.0621. The van der Waals surface area contributed by atoms with Gasteiger partial charge in [0.1, 0.15) is 0 Å². The van der Waals surface area contributed by atoms with Crippen molar-refractivity contribution < 1.29 is 4.74 Å². The van der Waals surface area contributed by atoms with Crippen molar-refractivity contribution in [3.05, 3.63) is 18.3 Å². The average molecular weight is 251 g/mol. The molecule has 1 N–H and O–H groups in total. The van der Waals surface area contributed by atoms with Crippen LogP contribution in [-0.4, -0.2) is 42.2 Å². The Labute approximate surface area is 110 Å². The van der Waals surface area contributed by atoms with Gasteiger partial charge in [-0.05, 0) is 53.9 Å². The van der Waals surface area contributed by atoms with E-state index in [0.29, 0.717) is 0 Å². The molecule has 1 heterocycles. The predicted octanol–water partition coefficient (Wildman–Crippen LogP) is 2.62. The number of ether oxygens (including phenoxy) is 1. The third-order valence-corrected chi connectivity index (χ3v) is 3.03. The molecule has 0 aromatic carbocycles. The molecule has 0 spiro atoms. The van der Waals surface area contributed by atoms with Crippen molar-refractivity contribution in [3.63, 3.8) is 0 Å². The van der Waals surface area contributed by atoms with Crippen molar-refractivity contribution >= 4 is 5.82 Å². The van der Waals surface area contributed by atoms with Gasteiger partial charge in [-0.1, -0.05) is 0 Å². The van der Waals surface area contributed by atoms with Gasteiger partial charge in [-0.3, -0.25) is 0 Å². The van der Waals surface area contributed by atoms with E-state index in [-0.39, 0.29) is 11.6 Å². The van der Waals surface area contributed by atoms with Gasteiger partial charge in [-0.15, -0.1) is 0 Å². The Hall–Kier alpha value is -1.29. The quantitative estimate of drug-likeness (QED) is 0.843. The zero-order valence-electron chi connectivity index (χ0n) is 12.3. The lowest BCUT2D eigenvalue weighted by molar-refractivity contribution is 0.209. The molecule has 0 amide bonds.